The molecule has 1 heterocycles. The summed E-state index contributed by atoms with van der Waals surface area (Å²) in [5, 5.41) is 12.2. The van der Waals surface area contributed by atoms with Crippen LogP contribution in [0.15, 0.2) is 59.0 Å². The summed E-state index contributed by atoms with van der Waals surface area (Å²) in [4.78, 5) is 12.7. The zero-order chi connectivity index (χ0) is 23.8. The van der Waals surface area contributed by atoms with Crippen LogP contribution in [-0.4, -0.2) is 5.91 Å². The lowest BCUT2D eigenvalue weighted by atomic mass is 9.62. The van der Waals surface area contributed by atoms with E-state index in [2.05, 4.69) is 58.1 Å². The number of nitrogens with one attached hydrogen (secondary N) is 1. The van der Waals surface area contributed by atoms with E-state index in [9.17, 15) is 10.1 Å². The topological polar surface area (TPSA) is 66.0 Å². The van der Waals surface area contributed by atoms with Crippen LogP contribution in [0.2, 0.25) is 0 Å². The number of hydrogen-bond acceptors (Lipinski definition) is 3. The summed E-state index contributed by atoms with van der Waals surface area (Å²) in [5.41, 5.74) is 6.41. The molecule has 1 amide bonds. The van der Waals surface area contributed by atoms with Crippen LogP contribution in [0.1, 0.15) is 90.7 Å². The first kappa shape index (κ1) is 22.9. The fraction of sp³-hybridized carbons (Fsp3) is 0.379. The molecule has 0 spiro atoms. The third-order valence-corrected chi connectivity index (χ3v) is 7.10. The van der Waals surface area contributed by atoms with E-state index in [0.717, 1.165) is 11.3 Å². The highest BCUT2D eigenvalue weighted by Gasteiger charge is 2.37. The van der Waals surface area contributed by atoms with E-state index in [1.807, 2.05) is 36.4 Å². The van der Waals surface area contributed by atoms with Crippen molar-refractivity contribution in [1.82, 2.24) is 5.32 Å². The largest absolute Gasteiger partial charge is 0.456 e. The number of carbonyl (C=O) groups is 1. The van der Waals surface area contributed by atoms with Crippen molar-refractivity contribution in [2.45, 2.75) is 70.8 Å². The monoisotopic (exact) mass is 440 g/mol. The molecule has 1 aromatic heterocycles. The van der Waals surface area contributed by atoms with Crippen LogP contribution < -0.4 is 5.32 Å². The number of nitrogens with zero attached hydrogens (tertiary/aromatic N) is 1. The second-order valence-corrected chi connectivity index (χ2v) is 10.5. The van der Waals surface area contributed by atoms with Crippen LogP contribution in [0.3, 0.4) is 0 Å². The van der Waals surface area contributed by atoms with Crippen molar-refractivity contribution in [3.8, 4) is 6.07 Å². The number of fused-ring (bicyclic) bond motifs is 1. The Kier molecular flexibility index (Phi) is 5.93. The third kappa shape index (κ3) is 4.59. The van der Waals surface area contributed by atoms with Gasteiger partial charge in [0.1, 0.15) is 11.8 Å². The number of amides is 1. The second kappa shape index (κ2) is 8.56. The summed E-state index contributed by atoms with van der Waals surface area (Å²) in [5.74, 6) is 0.573. The summed E-state index contributed by atoms with van der Waals surface area (Å²) < 4.78 is 5.90. The average molecular weight is 441 g/mol. The molecule has 0 bridgehead atoms. The molecule has 170 valence electrons. The molecule has 1 unspecified atom stereocenters. The Bertz CT molecular complexity index is 1210. The number of benzene rings is 2. The zero-order valence-electron chi connectivity index (χ0n) is 20.2. The van der Waals surface area contributed by atoms with Gasteiger partial charge in [0.2, 0.25) is 0 Å². The van der Waals surface area contributed by atoms with Gasteiger partial charge in [-0.15, -0.1) is 0 Å². The predicted octanol–water partition coefficient (Wildman–Crippen LogP) is 6.52. The first-order valence-electron chi connectivity index (χ1n) is 11.6. The SMILES string of the molecule is Cc1cc2c(cc1Cc1ccc(C(=O)NC(C#N)c3ccccc3)o1)C(C)(C)CCC2(C)C. The highest BCUT2D eigenvalue weighted by Crippen LogP contribution is 2.46. The number of carbonyl (C=O) groups excluding carboxylic acids is 1. The van der Waals surface area contributed by atoms with E-state index >= 15 is 0 Å². The lowest BCUT2D eigenvalue weighted by Crippen LogP contribution is -2.34. The molecule has 1 aliphatic carbocycles. The Morgan fingerprint density at radius 3 is 2.30 bits per heavy atom. The molecule has 2 aromatic carbocycles. The Morgan fingerprint density at radius 2 is 1.67 bits per heavy atom. The standard InChI is InChI=1S/C29H32N2O2/c1-19-15-23-24(29(4,5)14-13-28(23,2)3)17-21(19)16-22-11-12-26(33-22)27(32)31-25(18-30)20-9-7-6-8-10-20/h6-12,15,17,25H,13-14,16H2,1-5H3,(H,31,32). The zero-order valence-corrected chi connectivity index (χ0v) is 20.2. The van der Waals surface area contributed by atoms with Crippen molar-refractivity contribution in [2.75, 3.05) is 0 Å². The van der Waals surface area contributed by atoms with Crippen LogP contribution in [0.5, 0.6) is 0 Å². The van der Waals surface area contributed by atoms with Crippen LogP contribution in [0, 0.1) is 18.3 Å². The highest BCUT2D eigenvalue weighted by atomic mass is 16.3. The van der Waals surface area contributed by atoms with Crippen molar-refractivity contribution < 1.29 is 9.21 Å². The molecule has 4 nitrogen and oxygen atoms in total. The van der Waals surface area contributed by atoms with E-state index in [-0.39, 0.29) is 22.5 Å². The van der Waals surface area contributed by atoms with Crippen LogP contribution in [0.25, 0.3) is 0 Å². The maximum Gasteiger partial charge on any atom is 0.288 e. The van der Waals surface area contributed by atoms with E-state index < -0.39 is 6.04 Å². The molecule has 0 fully saturated rings. The molecule has 0 saturated carbocycles. The summed E-state index contributed by atoms with van der Waals surface area (Å²) in [6.07, 6.45) is 2.99. The Morgan fingerprint density at radius 1 is 1.03 bits per heavy atom. The van der Waals surface area contributed by atoms with Crippen LogP contribution >= 0.6 is 0 Å². The Hall–Kier alpha value is -3.32. The maximum absolute atomic E-state index is 12.7. The number of nitriles is 1. The third-order valence-electron chi connectivity index (χ3n) is 7.10. The molecule has 33 heavy (non-hydrogen) atoms. The van der Waals surface area contributed by atoms with Gasteiger partial charge >= 0.3 is 0 Å². The average Bonchev–Trinajstić information content (AvgIpc) is 3.25. The molecular weight excluding hydrogens is 408 g/mol. The quantitative estimate of drug-likeness (QED) is 0.491. The van der Waals surface area contributed by atoms with E-state index in [4.69, 9.17) is 4.42 Å². The number of furan rings is 1. The van der Waals surface area contributed by atoms with Gasteiger partial charge in [-0.25, -0.2) is 0 Å². The smallest absolute Gasteiger partial charge is 0.288 e. The van der Waals surface area contributed by atoms with E-state index in [1.54, 1.807) is 6.07 Å². The molecule has 1 aliphatic rings. The fourth-order valence-electron chi connectivity index (χ4n) is 4.78. The van der Waals surface area contributed by atoms with Gasteiger partial charge in [0.25, 0.3) is 5.91 Å². The summed E-state index contributed by atoms with van der Waals surface area (Å²) in [7, 11) is 0. The van der Waals surface area contributed by atoms with Crippen molar-refractivity contribution >= 4 is 5.91 Å². The highest BCUT2D eigenvalue weighted by molar-refractivity contribution is 5.92. The van der Waals surface area contributed by atoms with Crippen LogP contribution in [0.4, 0.5) is 0 Å². The summed E-state index contributed by atoms with van der Waals surface area (Å²) >= 11 is 0. The van der Waals surface area contributed by atoms with Gasteiger partial charge in [0, 0.05) is 6.42 Å². The number of hydrogen-bond donors (Lipinski definition) is 1. The first-order valence-corrected chi connectivity index (χ1v) is 11.6. The van der Waals surface area contributed by atoms with Gasteiger partial charge in [-0.05, 0) is 70.5 Å². The van der Waals surface area contributed by atoms with E-state index in [1.165, 1.54) is 35.1 Å². The molecular formula is C29H32N2O2. The first-order chi connectivity index (χ1) is 15.6. The van der Waals surface area contributed by atoms with Crippen LogP contribution in [-0.2, 0) is 17.3 Å². The summed E-state index contributed by atoms with van der Waals surface area (Å²) in [6, 6.07) is 18.9. The molecule has 4 heteroatoms. The number of aryl methyl sites for hydroxylation is 1. The molecule has 0 radical (unpaired) electrons. The van der Waals surface area contributed by atoms with E-state index in [0.29, 0.717) is 6.42 Å². The molecule has 0 aliphatic heterocycles. The minimum Gasteiger partial charge on any atom is -0.456 e. The van der Waals surface area contributed by atoms with Crippen molar-refractivity contribution in [3.63, 3.8) is 0 Å². The number of rotatable bonds is 5. The molecule has 0 saturated heterocycles. The molecule has 1 atom stereocenters. The van der Waals surface area contributed by atoms with Crippen molar-refractivity contribution in [2.24, 2.45) is 0 Å². The van der Waals surface area contributed by atoms with Gasteiger partial charge < -0.3 is 9.73 Å². The Balaban J connectivity index is 1.54. The minimum atomic E-state index is -0.722. The minimum absolute atomic E-state index is 0.144. The lowest BCUT2D eigenvalue weighted by molar-refractivity contribution is 0.0915. The normalized spacial score (nSPS) is 17.0. The molecule has 4 rings (SSSR count). The van der Waals surface area contributed by atoms with Gasteiger partial charge in [-0.1, -0.05) is 70.2 Å². The second-order valence-electron chi connectivity index (χ2n) is 10.5. The predicted molar refractivity (Wildman–Crippen MR) is 130 cm³/mol. The molecule has 1 N–H and O–H groups in total. The summed E-state index contributed by atoms with van der Waals surface area (Å²) in [6.45, 7) is 11.5. The lowest BCUT2D eigenvalue weighted by Gasteiger charge is -2.42. The van der Waals surface area contributed by atoms with Gasteiger partial charge in [-0.2, -0.15) is 5.26 Å². The van der Waals surface area contributed by atoms with Crippen molar-refractivity contribution in [1.29, 1.82) is 5.26 Å². The van der Waals surface area contributed by atoms with Gasteiger partial charge in [-0.3, -0.25) is 4.79 Å². The van der Waals surface area contributed by atoms with Crippen molar-refractivity contribution in [3.05, 3.63) is 93.9 Å². The molecule has 3 aromatic rings. The Labute approximate surface area is 196 Å². The van der Waals surface area contributed by atoms with Gasteiger partial charge in [0.15, 0.2) is 5.76 Å². The van der Waals surface area contributed by atoms with Gasteiger partial charge in [0.05, 0.1) is 6.07 Å². The fourth-order valence-corrected chi connectivity index (χ4v) is 4.78. The maximum atomic E-state index is 12.7.